The predicted molar refractivity (Wildman–Crippen MR) is 121 cm³/mol. The molecule has 0 aliphatic carbocycles. The van der Waals surface area contributed by atoms with Crippen molar-refractivity contribution in [1.82, 2.24) is 10.3 Å². The molecule has 8 heteroatoms. The summed E-state index contributed by atoms with van der Waals surface area (Å²) >= 11 is 12.6. The first-order valence-corrected chi connectivity index (χ1v) is 11.0. The maximum atomic E-state index is 12.7. The van der Waals surface area contributed by atoms with Crippen LogP contribution in [0.1, 0.15) is 47.2 Å². The first-order valence-electron chi connectivity index (χ1n) is 10.2. The number of benzene rings is 1. The van der Waals surface area contributed by atoms with E-state index in [9.17, 15) is 14.9 Å². The van der Waals surface area contributed by atoms with Gasteiger partial charge in [0.2, 0.25) is 5.91 Å². The Bertz CT molecular complexity index is 1080. The summed E-state index contributed by atoms with van der Waals surface area (Å²) in [6.07, 6.45) is 2.18. The second kappa shape index (κ2) is 9.86. The number of aromatic nitrogens is 1. The molecule has 1 amide bonds. The van der Waals surface area contributed by atoms with Crippen LogP contribution in [0.15, 0.2) is 23.0 Å². The van der Waals surface area contributed by atoms with Gasteiger partial charge in [-0.1, -0.05) is 29.3 Å². The van der Waals surface area contributed by atoms with E-state index in [1.165, 1.54) is 0 Å². The number of rotatable bonds is 6. The summed E-state index contributed by atoms with van der Waals surface area (Å²) in [5.41, 5.74) is 2.49. The highest BCUT2D eigenvalue weighted by atomic mass is 35.5. The molecule has 2 heterocycles. The van der Waals surface area contributed by atoms with Crippen molar-refractivity contribution in [3.05, 3.63) is 66.5 Å². The molecule has 1 fully saturated rings. The van der Waals surface area contributed by atoms with Gasteiger partial charge in [-0.15, -0.1) is 0 Å². The van der Waals surface area contributed by atoms with Crippen LogP contribution in [-0.2, 0) is 21.4 Å². The van der Waals surface area contributed by atoms with Gasteiger partial charge in [-0.3, -0.25) is 9.59 Å². The zero-order chi connectivity index (χ0) is 22.6. The van der Waals surface area contributed by atoms with Gasteiger partial charge in [0.1, 0.15) is 11.6 Å². The first-order chi connectivity index (χ1) is 14.8. The van der Waals surface area contributed by atoms with Crippen LogP contribution in [0.4, 0.5) is 0 Å². The topological polar surface area (TPSA) is 95.0 Å². The highest BCUT2D eigenvalue weighted by Crippen LogP contribution is 2.39. The van der Waals surface area contributed by atoms with E-state index in [0.29, 0.717) is 47.5 Å². The van der Waals surface area contributed by atoms with Gasteiger partial charge in [0.25, 0.3) is 5.56 Å². The van der Waals surface area contributed by atoms with E-state index >= 15 is 0 Å². The van der Waals surface area contributed by atoms with Crippen LogP contribution in [0.2, 0.25) is 10.0 Å². The van der Waals surface area contributed by atoms with Crippen LogP contribution in [0.25, 0.3) is 0 Å². The molecule has 3 rings (SSSR count). The minimum Gasteiger partial charge on any atom is -0.381 e. The number of H-pyrrole nitrogens is 1. The van der Waals surface area contributed by atoms with E-state index in [4.69, 9.17) is 27.9 Å². The summed E-state index contributed by atoms with van der Waals surface area (Å²) in [6, 6.07) is 7.41. The third kappa shape index (κ3) is 5.12. The minimum atomic E-state index is -0.396. The lowest BCUT2D eigenvalue weighted by Crippen LogP contribution is -2.44. The monoisotopic (exact) mass is 461 g/mol. The molecule has 1 aliphatic rings. The molecule has 1 aromatic heterocycles. The summed E-state index contributed by atoms with van der Waals surface area (Å²) < 4.78 is 5.54. The van der Waals surface area contributed by atoms with Crippen LogP contribution in [0, 0.1) is 25.2 Å². The number of aromatic amines is 1. The summed E-state index contributed by atoms with van der Waals surface area (Å²) in [4.78, 5) is 27.3. The maximum absolute atomic E-state index is 12.7. The van der Waals surface area contributed by atoms with E-state index in [1.807, 2.05) is 18.2 Å². The largest absolute Gasteiger partial charge is 0.381 e. The van der Waals surface area contributed by atoms with Gasteiger partial charge >= 0.3 is 0 Å². The first kappa shape index (κ1) is 23.3. The third-order valence-corrected chi connectivity index (χ3v) is 6.65. The lowest BCUT2D eigenvalue weighted by atomic mass is 9.74. The number of ether oxygens (including phenoxy) is 1. The number of nitriles is 1. The fourth-order valence-corrected chi connectivity index (χ4v) is 4.85. The molecule has 6 nitrogen and oxygen atoms in total. The number of amides is 1. The smallest absolute Gasteiger partial charge is 0.266 e. The summed E-state index contributed by atoms with van der Waals surface area (Å²) in [5, 5.41) is 13.4. The molecule has 164 valence electrons. The number of nitrogens with zero attached hydrogens (tertiary/aromatic N) is 1. The fraction of sp³-hybridized carbons (Fsp3) is 0.435. The Morgan fingerprint density at radius 1 is 1.29 bits per heavy atom. The van der Waals surface area contributed by atoms with Gasteiger partial charge < -0.3 is 15.0 Å². The zero-order valence-electron chi connectivity index (χ0n) is 17.6. The van der Waals surface area contributed by atoms with E-state index in [1.54, 1.807) is 19.9 Å². The number of hydrogen-bond donors (Lipinski definition) is 2. The number of aryl methyl sites for hydroxylation is 1. The predicted octanol–water partition coefficient (Wildman–Crippen LogP) is 3.97. The highest BCUT2D eigenvalue weighted by Gasteiger charge is 2.36. The molecular weight excluding hydrogens is 437 g/mol. The maximum Gasteiger partial charge on any atom is 0.266 e. The lowest BCUT2D eigenvalue weighted by Gasteiger charge is -2.38. The molecule has 0 unspecified atom stereocenters. The standard InChI is InChI=1S/C23H25Cl2N3O3/c1-14-17(15(2)28-22(30)18(14)12-26)4-6-21(29)27-13-23(7-9-31-10-8-23)19-5-3-16(24)11-20(19)25/h3,5,11H,4,6-10,13H2,1-2H3,(H,27,29)(H,28,30). The number of hydrogen-bond acceptors (Lipinski definition) is 4. The van der Waals surface area contributed by atoms with Crippen LogP contribution >= 0.6 is 23.2 Å². The summed E-state index contributed by atoms with van der Waals surface area (Å²) in [7, 11) is 0. The van der Waals surface area contributed by atoms with Crippen LogP contribution in [0.3, 0.4) is 0 Å². The van der Waals surface area contributed by atoms with Crippen molar-refractivity contribution in [2.45, 2.75) is 44.9 Å². The Labute approximate surface area is 191 Å². The van der Waals surface area contributed by atoms with Gasteiger partial charge in [-0.05, 0) is 61.9 Å². The summed E-state index contributed by atoms with van der Waals surface area (Å²) in [6.45, 7) is 5.17. The lowest BCUT2D eigenvalue weighted by molar-refractivity contribution is -0.121. The molecular formula is C23H25Cl2N3O3. The average Bonchev–Trinajstić information content (AvgIpc) is 2.73. The number of carbonyl (C=O) groups excluding carboxylic acids is 1. The van der Waals surface area contributed by atoms with Crippen molar-refractivity contribution in [3.63, 3.8) is 0 Å². The van der Waals surface area contributed by atoms with Crippen molar-refractivity contribution >= 4 is 29.1 Å². The molecule has 1 aromatic carbocycles. The van der Waals surface area contributed by atoms with Gasteiger partial charge in [0, 0.05) is 47.3 Å². The van der Waals surface area contributed by atoms with Gasteiger partial charge in [-0.25, -0.2) is 0 Å². The van der Waals surface area contributed by atoms with Crippen molar-refractivity contribution < 1.29 is 9.53 Å². The van der Waals surface area contributed by atoms with Crippen molar-refractivity contribution in [2.24, 2.45) is 0 Å². The summed E-state index contributed by atoms with van der Waals surface area (Å²) in [5.74, 6) is -0.0977. The van der Waals surface area contributed by atoms with Crippen molar-refractivity contribution in [3.8, 4) is 6.07 Å². The molecule has 31 heavy (non-hydrogen) atoms. The Balaban J connectivity index is 1.72. The molecule has 0 saturated carbocycles. The number of nitrogens with one attached hydrogen (secondary N) is 2. The van der Waals surface area contributed by atoms with E-state index in [0.717, 1.165) is 24.0 Å². The van der Waals surface area contributed by atoms with Gasteiger partial charge in [0.15, 0.2) is 0 Å². The van der Waals surface area contributed by atoms with Gasteiger partial charge in [0.05, 0.1) is 0 Å². The molecule has 0 spiro atoms. The molecule has 0 bridgehead atoms. The Morgan fingerprint density at radius 3 is 2.65 bits per heavy atom. The van der Waals surface area contributed by atoms with Crippen molar-refractivity contribution in [1.29, 1.82) is 5.26 Å². The second-order valence-electron chi connectivity index (χ2n) is 7.96. The van der Waals surface area contributed by atoms with Gasteiger partial charge in [-0.2, -0.15) is 5.26 Å². The molecule has 2 aromatic rings. The second-order valence-corrected chi connectivity index (χ2v) is 8.81. The molecule has 1 saturated heterocycles. The number of carbonyl (C=O) groups is 1. The Hall–Kier alpha value is -2.33. The minimum absolute atomic E-state index is 0.0968. The van der Waals surface area contributed by atoms with E-state index in [2.05, 4.69) is 10.3 Å². The average molecular weight is 462 g/mol. The molecule has 0 atom stereocenters. The Morgan fingerprint density at radius 2 is 2.00 bits per heavy atom. The quantitative estimate of drug-likeness (QED) is 0.679. The highest BCUT2D eigenvalue weighted by molar-refractivity contribution is 6.35. The number of pyridine rings is 1. The molecule has 1 aliphatic heterocycles. The van der Waals surface area contributed by atoms with E-state index < -0.39 is 5.56 Å². The molecule has 2 N–H and O–H groups in total. The normalized spacial score (nSPS) is 15.3. The SMILES string of the molecule is Cc1[nH]c(=O)c(C#N)c(C)c1CCC(=O)NCC1(c2ccc(Cl)cc2Cl)CCOCC1. The third-order valence-electron chi connectivity index (χ3n) is 6.10. The van der Waals surface area contributed by atoms with Crippen LogP contribution < -0.4 is 10.9 Å². The number of halogens is 2. The Kier molecular flexibility index (Phi) is 7.42. The van der Waals surface area contributed by atoms with E-state index in [-0.39, 0.29) is 23.3 Å². The van der Waals surface area contributed by atoms with Crippen molar-refractivity contribution in [2.75, 3.05) is 19.8 Å². The molecule has 0 radical (unpaired) electrons. The zero-order valence-corrected chi connectivity index (χ0v) is 19.1. The van der Waals surface area contributed by atoms with Crippen LogP contribution in [0.5, 0.6) is 0 Å². The fourth-order valence-electron chi connectivity index (χ4n) is 4.24. The van der Waals surface area contributed by atoms with Crippen LogP contribution in [-0.4, -0.2) is 30.6 Å².